The quantitative estimate of drug-likeness (QED) is 0.417. The Morgan fingerprint density at radius 3 is 2.53 bits per heavy atom. The number of hydrogen-bond donors (Lipinski definition) is 4. The van der Waals surface area contributed by atoms with E-state index in [2.05, 4.69) is 10.0 Å². The number of phenolic OH excluding ortho intramolecular Hbond substituents is 2. The average molecular weight is 260 g/mol. The van der Waals surface area contributed by atoms with Gasteiger partial charge in [0.25, 0.3) is 0 Å². The molecular formula is C10H16N2O4S. The van der Waals surface area contributed by atoms with Crippen molar-refractivity contribution in [3.63, 3.8) is 0 Å². The molecule has 0 bridgehead atoms. The number of hydrogen-bond acceptors (Lipinski definition) is 5. The van der Waals surface area contributed by atoms with Crippen molar-refractivity contribution in [2.45, 2.75) is 6.54 Å². The SMILES string of the molecule is CNS(=O)(=O)CCNCc1ccc(O)c(O)c1. The Hall–Kier alpha value is -1.31. The van der Waals surface area contributed by atoms with Crippen molar-refractivity contribution in [1.29, 1.82) is 0 Å². The predicted molar refractivity (Wildman–Crippen MR) is 64.3 cm³/mol. The second-order valence-corrected chi connectivity index (χ2v) is 5.57. The van der Waals surface area contributed by atoms with E-state index in [1.165, 1.54) is 19.2 Å². The maximum Gasteiger partial charge on any atom is 0.212 e. The van der Waals surface area contributed by atoms with E-state index in [9.17, 15) is 13.5 Å². The van der Waals surface area contributed by atoms with Gasteiger partial charge in [0.2, 0.25) is 10.0 Å². The van der Waals surface area contributed by atoms with Gasteiger partial charge in [-0.2, -0.15) is 0 Å². The number of nitrogens with one attached hydrogen (secondary N) is 2. The highest BCUT2D eigenvalue weighted by Crippen LogP contribution is 2.24. The highest BCUT2D eigenvalue weighted by Gasteiger charge is 2.05. The third-order valence-electron chi connectivity index (χ3n) is 2.23. The molecular weight excluding hydrogens is 244 g/mol. The lowest BCUT2D eigenvalue weighted by molar-refractivity contribution is 0.403. The van der Waals surface area contributed by atoms with Crippen molar-refractivity contribution in [3.05, 3.63) is 23.8 Å². The molecule has 1 rings (SSSR count). The lowest BCUT2D eigenvalue weighted by Crippen LogP contribution is -2.29. The predicted octanol–water partition coefficient (Wildman–Crippen LogP) is -0.263. The van der Waals surface area contributed by atoms with Crippen molar-refractivity contribution in [3.8, 4) is 11.5 Å². The van der Waals surface area contributed by atoms with E-state index >= 15 is 0 Å². The first kappa shape index (κ1) is 13.8. The van der Waals surface area contributed by atoms with Crippen LogP contribution in [0.1, 0.15) is 5.56 Å². The van der Waals surface area contributed by atoms with Gasteiger partial charge in [-0.1, -0.05) is 6.07 Å². The fourth-order valence-corrected chi connectivity index (χ4v) is 1.84. The topological polar surface area (TPSA) is 98.7 Å². The summed E-state index contributed by atoms with van der Waals surface area (Å²) >= 11 is 0. The standard InChI is InChI=1S/C10H16N2O4S/c1-11-17(15,16)5-4-12-7-8-2-3-9(13)10(14)6-8/h2-3,6,11-14H,4-5,7H2,1H3. The van der Waals surface area contributed by atoms with Gasteiger partial charge in [0.15, 0.2) is 11.5 Å². The van der Waals surface area contributed by atoms with Gasteiger partial charge in [0, 0.05) is 13.1 Å². The van der Waals surface area contributed by atoms with Crippen LogP contribution in [0.5, 0.6) is 11.5 Å². The van der Waals surface area contributed by atoms with Crippen molar-refractivity contribution >= 4 is 10.0 Å². The molecule has 0 aliphatic rings. The fourth-order valence-electron chi connectivity index (χ4n) is 1.22. The normalized spacial score (nSPS) is 11.6. The molecule has 7 heteroatoms. The molecule has 0 heterocycles. The molecule has 4 N–H and O–H groups in total. The highest BCUT2D eigenvalue weighted by atomic mass is 32.2. The van der Waals surface area contributed by atoms with E-state index in [1.807, 2.05) is 0 Å². The summed E-state index contributed by atoms with van der Waals surface area (Å²) in [4.78, 5) is 0. The number of benzene rings is 1. The van der Waals surface area contributed by atoms with Gasteiger partial charge in [0.05, 0.1) is 5.75 Å². The van der Waals surface area contributed by atoms with Crippen LogP contribution in [0.2, 0.25) is 0 Å². The van der Waals surface area contributed by atoms with Crippen LogP contribution in [0, 0.1) is 0 Å². The molecule has 0 aliphatic heterocycles. The first-order chi connectivity index (χ1) is 7.94. The second kappa shape index (κ2) is 5.85. The Balaban J connectivity index is 2.39. The first-order valence-corrected chi connectivity index (χ1v) is 6.72. The Morgan fingerprint density at radius 1 is 1.24 bits per heavy atom. The molecule has 0 unspecified atom stereocenters. The highest BCUT2D eigenvalue weighted by molar-refractivity contribution is 7.89. The smallest absolute Gasteiger partial charge is 0.212 e. The molecule has 1 aromatic carbocycles. The molecule has 0 fully saturated rings. The Bertz CT molecular complexity index is 473. The van der Waals surface area contributed by atoms with E-state index in [0.29, 0.717) is 13.1 Å². The van der Waals surface area contributed by atoms with Gasteiger partial charge >= 0.3 is 0 Å². The molecule has 0 saturated carbocycles. The summed E-state index contributed by atoms with van der Waals surface area (Å²) in [5, 5.41) is 21.3. The Morgan fingerprint density at radius 2 is 1.94 bits per heavy atom. The number of sulfonamides is 1. The summed E-state index contributed by atoms with van der Waals surface area (Å²) < 4.78 is 24.4. The maximum absolute atomic E-state index is 11.1. The zero-order chi connectivity index (χ0) is 12.9. The van der Waals surface area contributed by atoms with Gasteiger partial charge < -0.3 is 15.5 Å². The number of rotatable bonds is 6. The fraction of sp³-hybridized carbons (Fsp3) is 0.400. The molecule has 17 heavy (non-hydrogen) atoms. The summed E-state index contributed by atoms with van der Waals surface area (Å²) in [7, 11) is -1.82. The third kappa shape index (κ3) is 4.59. The molecule has 0 atom stereocenters. The van der Waals surface area contributed by atoms with Gasteiger partial charge in [-0.15, -0.1) is 0 Å². The minimum atomic E-state index is -3.19. The van der Waals surface area contributed by atoms with E-state index < -0.39 is 10.0 Å². The minimum Gasteiger partial charge on any atom is -0.504 e. The summed E-state index contributed by atoms with van der Waals surface area (Å²) in [5.41, 5.74) is 0.766. The third-order valence-corrected chi connectivity index (χ3v) is 3.59. The number of aromatic hydroxyl groups is 2. The second-order valence-electron chi connectivity index (χ2n) is 3.52. The zero-order valence-corrected chi connectivity index (χ0v) is 10.3. The van der Waals surface area contributed by atoms with Crippen LogP contribution in [-0.2, 0) is 16.6 Å². The van der Waals surface area contributed by atoms with E-state index in [0.717, 1.165) is 5.56 Å². The van der Waals surface area contributed by atoms with Gasteiger partial charge in [0.1, 0.15) is 0 Å². The molecule has 1 aromatic rings. The molecule has 96 valence electrons. The maximum atomic E-state index is 11.1. The lowest BCUT2D eigenvalue weighted by Gasteiger charge is -2.06. The van der Waals surface area contributed by atoms with Crippen molar-refractivity contribution in [2.24, 2.45) is 0 Å². The van der Waals surface area contributed by atoms with Crippen LogP contribution in [0.15, 0.2) is 18.2 Å². The Labute approximate surface area is 100 Å². The summed E-state index contributed by atoms with van der Waals surface area (Å²) in [6.07, 6.45) is 0. The van der Waals surface area contributed by atoms with Crippen LogP contribution in [-0.4, -0.2) is 38.0 Å². The van der Waals surface area contributed by atoms with Crippen molar-refractivity contribution in [2.75, 3.05) is 19.3 Å². The summed E-state index contributed by atoms with van der Waals surface area (Å²) in [6.45, 7) is 0.734. The number of phenols is 2. The van der Waals surface area contributed by atoms with E-state index in [1.54, 1.807) is 6.07 Å². The minimum absolute atomic E-state index is 0.00638. The zero-order valence-electron chi connectivity index (χ0n) is 9.47. The molecule has 0 amide bonds. The van der Waals surface area contributed by atoms with Crippen LogP contribution < -0.4 is 10.0 Å². The van der Waals surface area contributed by atoms with Crippen molar-refractivity contribution < 1.29 is 18.6 Å². The average Bonchev–Trinajstić information content (AvgIpc) is 2.29. The molecule has 0 radical (unpaired) electrons. The van der Waals surface area contributed by atoms with Gasteiger partial charge in [-0.05, 0) is 24.7 Å². The van der Waals surface area contributed by atoms with E-state index in [4.69, 9.17) is 5.11 Å². The van der Waals surface area contributed by atoms with Crippen LogP contribution in [0.3, 0.4) is 0 Å². The monoisotopic (exact) mass is 260 g/mol. The molecule has 6 nitrogen and oxygen atoms in total. The summed E-state index contributed by atoms with van der Waals surface area (Å²) in [5.74, 6) is -0.369. The Kier molecular flexibility index (Phi) is 4.73. The molecule has 0 spiro atoms. The summed E-state index contributed by atoms with van der Waals surface area (Å²) in [6, 6.07) is 4.46. The van der Waals surface area contributed by atoms with Crippen LogP contribution in [0.4, 0.5) is 0 Å². The molecule has 0 aromatic heterocycles. The van der Waals surface area contributed by atoms with Crippen LogP contribution >= 0.6 is 0 Å². The molecule has 0 aliphatic carbocycles. The van der Waals surface area contributed by atoms with Gasteiger partial charge in [-0.3, -0.25) is 0 Å². The van der Waals surface area contributed by atoms with Crippen molar-refractivity contribution in [1.82, 2.24) is 10.0 Å². The first-order valence-electron chi connectivity index (χ1n) is 5.07. The largest absolute Gasteiger partial charge is 0.504 e. The van der Waals surface area contributed by atoms with E-state index in [-0.39, 0.29) is 17.3 Å². The van der Waals surface area contributed by atoms with Gasteiger partial charge in [-0.25, -0.2) is 13.1 Å². The van der Waals surface area contributed by atoms with Crippen LogP contribution in [0.25, 0.3) is 0 Å². The molecule has 0 saturated heterocycles. The lowest BCUT2D eigenvalue weighted by atomic mass is 10.2.